The Balaban J connectivity index is 1.83. The molecule has 0 spiro atoms. The number of nitrogens with one attached hydrogen (secondary N) is 2. The molecule has 2 amide bonds. The molecule has 136 valence electrons. The average Bonchev–Trinajstić information content (AvgIpc) is 2.98. The molecule has 0 saturated carbocycles. The minimum atomic E-state index is -3.46. The molecule has 0 atom stereocenters. The van der Waals surface area contributed by atoms with E-state index in [0.717, 1.165) is 17.5 Å². The molecule has 1 heterocycles. The molecule has 0 saturated heterocycles. The molecule has 0 radical (unpaired) electrons. The number of fused-ring (bicyclic) bond motifs is 1. The van der Waals surface area contributed by atoms with Crippen molar-refractivity contribution < 1.29 is 18.0 Å². The molecule has 26 heavy (non-hydrogen) atoms. The Morgan fingerprint density at radius 3 is 2.42 bits per heavy atom. The van der Waals surface area contributed by atoms with Gasteiger partial charge in [-0.3, -0.25) is 14.3 Å². The van der Waals surface area contributed by atoms with E-state index in [0.29, 0.717) is 29.9 Å². The summed E-state index contributed by atoms with van der Waals surface area (Å²) in [6.07, 6.45) is 1.75. The fraction of sp³-hybridized carbons (Fsp3) is 0.222. The van der Waals surface area contributed by atoms with Crippen LogP contribution < -0.4 is 14.9 Å². The zero-order valence-corrected chi connectivity index (χ0v) is 15.3. The molecule has 1 aliphatic rings. The van der Waals surface area contributed by atoms with Gasteiger partial charge in [0.2, 0.25) is 15.9 Å². The fourth-order valence-corrected chi connectivity index (χ4v) is 3.52. The number of nitrogens with zero attached hydrogens (tertiary/aromatic N) is 1. The van der Waals surface area contributed by atoms with Gasteiger partial charge in [0.05, 0.1) is 17.6 Å². The number of carbonyl (C=O) groups is 2. The van der Waals surface area contributed by atoms with Crippen LogP contribution in [0.2, 0.25) is 0 Å². The largest absolute Gasteiger partial charge is 0.320 e. The lowest BCUT2D eigenvalue weighted by molar-refractivity contribution is -0.116. The van der Waals surface area contributed by atoms with Crippen LogP contribution in [0.5, 0.6) is 0 Å². The summed E-state index contributed by atoms with van der Waals surface area (Å²) >= 11 is 0. The van der Waals surface area contributed by atoms with Crippen LogP contribution in [0.25, 0.3) is 0 Å². The third-order valence-electron chi connectivity index (χ3n) is 4.09. The SMILES string of the molecule is CC(=O)N1CCc2cc(C(=O)Nc3ccccc3NS(C)(=O)=O)ccc21. The van der Waals surface area contributed by atoms with Crippen molar-refractivity contribution in [2.45, 2.75) is 13.3 Å². The molecule has 8 heteroatoms. The number of para-hydroxylation sites is 2. The highest BCUT2D eigenvalue weighted by Gasteiger charge is 2.23. The molecule has 3 rings (SSSR count). The Morgan fingerprint density at radius 2 is 1.77 bits per heavy atom. The van der Waals surface area contributed by atoms with E-state index in [9.17, 15) is 18.0 Å². The Labute approximate surface area is 152 Å². The first-order chi connectivity index (χ1) is 12.2. The van der Waals surface area contributed by atoms with E-state index >= 15 is 0 Å². The predicted molar refractivity (Wildman–Crippen MR) is 101 cm³/mol. The number of carbonyl (C=O) groups excluding carboxylic acids is 2. The first-order valence-corrected chi connectivity index (χ1v) is 9.93. The van der Waals surface area contributed by atoms with E-state index in [4.69, 9.17) is 0 Å². The van der Waals surface area contributed by atoms with Gasteiger partial charge < -0.3 is 10.2 Å². The Kier molecular flexibility index (Phi) is 4.69. The quantitative estimate of drug-likeness (QED) is 0.859. The molecular weight excluding hydrogens is 354 g/mol. The standard InChI is InChI=1S/C18H19N3O4S/c1-12(22)21-10-9-13-11-14(7-8-17(13)21)18(23)19-15-5-3-4-6-16(15)20-26(2,24)25/h3-8,11,20H,9-10H2,1-2H3,(H,19,23). The number of benzene rings is 2. The van der Waals surface area contributed by atoms with Crippen LogP contribution in [0.1, 0.15) is 22.8 Å². The van der Waals surface area contributed by atoms with Crippen LogP contribution in [-0.4, -0.2) is 33.0 Å². The van der Waals surface area contributed by atoms with Crippen molar-refractivity contribution in [2.75, 3.05) is 27.7 Å². The Hall–Kier alpha value is -2.87. The maximum Gasteiger partial charge on any atom is 0.255 e. The van der Waals surface area contributed by atoms with Crippen molar-refractivity contribution in [1.82, 2.24) is 0 Å². The third-order valence-corrected chi connectivity index (χ3v) is 4.68. The van der Waals surface area contributed by atoms with E-state index in [1.165, 1.54) is 6.92 Å². The number of anilines is 3. The molecule has 0 aliphatic carbocycles. The summed E-state index contributed by atoms with van der Waals surface area (Å²) in [7, 11) is -3.46. The van der Waals surface area contributed by atoms with Crippen LogP contribution in [-0.2, 0) is 21.2 Å². The van der Waals surface area contributed by atoms with Gasteiger partial charge in [-0.1, -0.05) is 12.1 Å². The zero-order valence-electron chi connectivity index (χ0n) is 14.4. The van der Waals surface area contributed by atoms with Crippen LogP contribution in [0.3, 0.4) is 0 Å². The van der Waals surface area contributed by atoms with Crippen LogP contribution in [0.15, 0.2) is 42.5 Å². The Morgan fingerprint density at radius 1 is 1.08 bits per heavy atom. The first-order valence-electron chi connectivity index (χ1n) is 8.04. The molecular formula is C18H19N3O4S. The molecule has 1 aliphatic heterocycles. The summed E-state index contributed by atoms with van der Waals surface area (Å²) in [6, 6.07) is 11.8. The zero-order chi connectivity index (χ0) is 18.9. The number of sulfonamides is 1. The molecule has 0 bridgehead atoms. The highest BCUT2D eigenvalue weighted by Crippen LogP contribution is 2.29. The molecule has 2 aromatic carbocycles. The molecule has 2 aromatic rings. The lowest BCUT2D eigenvalue weighted by atomic mass is 10.1. The van der Waals surface area contributed by atoms with Gasteiger partial charge in [0, 0.05) is 24.7 Å². The van der Waals surface area contributed by atoms with Gasteiger partial charge in [-0.2, -0.15) is 0 Å². The second-order valence-corrected chi connectivity index (χ2v) is 7.89. The molecule has 0 unspecified atom stereocenters. The normalized spacial score (nSPS) is 13.2. The van der Waals surface area contributed by atoms with Crippen molar-refractivity contribution in [3.05, 3.63) is 53.6 Å². The lowest BCUT2D eigenvalue weighted by Crippen LogP contribution is -2.25. The van der Waals surface area contributed by atoms with Gasteiger partial charge in [0.1, 0.15) is 0 Å². The summed E-state index contributed by atoms with van der Waals surface area (Å²) in [4.78, 5) is 25.9. The highest BCUT2D eigenvalue weighted by molar-refractivity contribution is 7.92. The van der Waals surface area contributed by atoms with Crippen LogP contribution in [0.4, 0.5) is 17.1 Å². The van der Waals surface area contributed by atoms with E-state index in [-0.39, 0.29) is 11.8 Å². The molecule has 7 nitrogen and oxygen atoms in total. The molecule has 0 aromatic heterocycles. The average molecular weight is 373 g/mol. The smallest absolute Gasteiger partial charge is 0.255 e. The topological polar surface area (TPSA) is 95.6 Å². The summed E-state index contributed by atoms with van der Waals surface area (Å²) in [5, 5.41) is 2.73. The van der Waals surface area contributed by atoms with Gasteiger partial charge >= 0.3 is 0 Å². The first kappa shape index (κ1) is 17.9. The van der Waals surface area contributed by atoms with Gasteiger partial charge in [-0.15, -0.1) is 0 Å². The summed E-state index contributed by atoms with van der Waals surface area (Å²) in [5.74, 6) is -0.376. The summed E-state index contributed by atoms with van der Waals surface area (Å²) in [5.41, 5.74) is 2.88. The van der Waals surface area contributed by atoms with E-state index < -0.39 is 10.0 Å². The van der Waals surface area contributed by atoms with E-state index in [2.05, 4.69) is 10.0 Å². The fourth-order valence-electron chi connectivity index (χ4n) is 2.95. The van der Waals surface area contributed by atoms with Crippen molar-refractivity contribution in [3.8, 4) is 0 Å². The lowest BCUT2D eigenvalue weighted by Gasteiger charge is -2.15. The number of hydrogen-bond acceptors (Lipinski definition) is 4. The van der Waals surface area contributed by atoms with Crippen molar-refractivity contribution >= 4 is 38.9 Å². The molecule has 2 N–H and O–H groups in total. The van der Waals surface area contributed by atoms with Crippen molar-refractivity contribution in [2.24, 2.45) is 0 Å². The monoisotopic (exact) mass is 373 g/mol. The maximum atomic E-state index is 12.6. The van der Waals surface area contributed by atoms with Crippen molar-refractivity contribution in [3.63, 3.8) is 0 Å². The van der Waals surface area contributed by atoms with E-state index in [1.807, 2.05) is 0 Å². The van der Waals surface area contributed by atoms with Gasteiger partial charge in [-0.05, 0) is 42.3 Å². The third kappa shape index (κ3) is 3.85. The highest BCUT2D eigenvalue weighted by atomic mass is 32.2. The summed E-state index contributed by atoms with van der Waals surface area (Å²) in [6.45, 7) is 2.12. The van der Waals surface area contributed by atoms with Gasteiger partial charge in [0.15, 0.2) is 0 Å². The summed E-state index contributed by atoms with van der Waals surface area (Å²) < 4.78 is 25.3. The minimum absolute atomic E-state index is 0.0262. The van der Waals surface area contributed by atoms with Crippen molar-refractivity contribution in [1.29, 1.82) is 0 Å². The predicted octanol–water partition coefficient (Wildman–Crippen LogP) is 2.22. The van der Waals surface area contributed by atoms with E-state index in [1.54, 1.807) is 47.4 Å². The number of rotatable bonds is 4. The number of hydrogen-bond donors (Lipinski definition) is 2. The Bertz CT molecular complexity index is 986. The number of amides is 2. The minimum Gasteiger partial charge on any atom is -0.320 e. The van der Waals surface area contributed by atoms with Gasteiger partial charge in [-0.25, -0.2) is 8.42 Å². The second-order valence-electron chi connectivity index (χ2n) is 6.14. The van der Waals surface area contributed by atoms with Gasteiger partial charge in [0.25, 0.3) is 5.91 Å². The van der Waals surface area contributed by atoms with Crippen LogP contribution in [0, 0.1) is 0 Å². The van der Waals surface area contributed by atoms with Crippen LogP contribution >= 0.6 is 0 Å². The second kappa shape index (κ2) is 6.80. The maximum absolute atomic E-state index is 12.6. The molecule has 0 fully saturated rings.